The normalized spacial score (nSPS) is 14.7. The summed E-state index contributed by atoms with van der Waals surface area (Å²) in [5, 5.41) is 2.14. The van der Waals surface area contributed by atoms with Crippen molar-refractivity contribution in [3.05, 3.63) is 21.9 Å². The minimum atomic E-state index is 0.0896. The molecule has 0 spiro atoms. The van der Waals surface area contributed by atoms with Crippen molar-refractivity contribution >= 4 is 11.3 Å². The number of hydrogen-bond acceptors (Lipinski definition) is 5. The third-order valence-electron chi connectivity index (χ3n) is 3.44. The maximum atomic E-state index is 6.27. The second-order valence-electron chi connectivity index (χ2n) is 5.15. The van der Waals surface area contributed by atoms with Crippen molar-refractivity contribution in [2.45, 2.75) is 32.4 Å². The van der Waals surface area contributed by atoms with E-state index in [1.54, 1.807) is 25.6 Å². The molecule has 1 heterocycles. The lowest BCUT2D eigenvalue weighted by molar-refractivity contribution is 0.0991. The molecule has 0 bridgehead atoms. The van der Waals surface area contributed by atoms with Crippen molar-refractivity contribution in [1.29, 1.82) is 0 Å². The van der Waals surface area contributed by atoms with Crippen molar-refractivity contribution in [3.8, 4) is 0 Å². The summed E-state index contributed by atoms with van der Waals surface area (Å²) in [6, 6.07) is 2.51. The van der Waals surface area contributed by atoms with Crippen LogP contribution in [-0.2, 0) is 9.47 Å². The second kappa shape index (κ2) is 9.47. The summed E-state index contributed by atoms with van der Waals surface area (Å²) in [7, 11) is 3.48. The Balaban J connectivity index is 2.83. The predicted molar refractivity (Wildman–Crippen MR) is 85.4 cm³/mol. The van der Waals surface area contributed by atoms with Crippen LogP contribution in [0.2, 0.25) is 0 Å². The fraction of sp³-hybridized carbons (Fsp3) is 0.733. The van der Waals surface area contributed by atoms with Gasteiger partial charge in [0.15, 0.2) is 0 Å². The highest BCUT2D eigenvalue weighted by atomic mass is 32.1. The van der Waals surface area contributed by atoms with Gasteiger partial charge in [-0.25, -0.2) is 0 Å². The van der Waals surface area contributed by atoms with Gasteiger partial charge in [-0.3, -0.25) is 4.90 Å². The maximum Gasteiger partial charge on any atom is 0.0594 e. The summed E-state index contributed by atoms with van der Waals surface area (Å²) in [6.45, 7) is 7.61. The Kier molecular flexibility index (Phi) is 8.33. The summed E-state index contributed by atoms with van der Waals surface area (Å²) in [4.78, 5) is 3.79. The molecule has 0 fully saturated rings. The van der Waals surface area contributed by atoms with Gasteiger partial charge in [-0.2, -0.15) is 0 Å². The number of methoxy groups -OCH3 is 2. The van der Waals surface area contributed by atoms with E-state index in [0.29, 0.717) is 0 Å². The lowest BCUT2D eigenvalue weighted by Crippen LogP contribution is -2.41. The highest BCUT2D eigenvalue weighted by molar-refractivity contribution is 7.10. The van der Waals surface area contributed by atoms with E-state index in [1.807, 2.05) is 0 Å². The third-order valence-corrected chi connectivity index (χ3v) is 4.53. The zero-order valence-electron chi connectivity index (χ0n) is 13.1. The van der Waals surface area contributed by atoms with E-state index < -0.39 is 0 Å². The number of rotatable bonds is 10. The molecule has 1 aromatic rings. The average molecular weight is 300 g/mol. The van der Waals surface area contributed by atoms with Crippen molar-refractivity contribution in [1.82, 2.24) is 4.90 Å². The van der Waals surface area contributed by atoms with Crippen molar-refractivity contribution in [2.75, 3.05) is 40.5 Å². The molecule has 0 saturated carbocycles. The van der Waals surface area contributed by atoms with Crippen LogP contribution < -0.4 is 5.73 Å². The molecule has 0 saturated heterocycles. The van der Waals surface area contributed by atoms with E-state index in [9.17, 15) is 0 Å². The zero-order valence-corrected chi connectivity index (χ0v) is 13.9. The minimum absolute atomic E-state index is 0.0896. The summed E-state index contributed by atoms with van der Waals surface area (Å²) in [5.41, 5.74) is 7.59. The van der Waals surface area contributed by atoms with Crippen LogP contribution in [0.15, 0.2) is 11.4 Å². The van der Waals surface area contributed by atoms with E-state index in [1.165, 1.54) is 10.4 Å². The number of ether oxygens (including phenoxy) is 2. The van der Waals surface area contributed by atoms with Gasteiger partial charge < -0.3 is 15.2 Å². The zero-order chi connectivity index (χ0) is 15.0. The Bertz CT molecular complexity index is 369. The number of thiophene rings is 1. The average Bonchev–Trinajstić information content (AvgIpc) is 2.82. The molecule has 0 aromatic carbocycles. The van der Waals surface area contributed by atoms with E-state index in [-0.39, 0.29) is 12.1 Å². The van der Waals surface area contributed by atoms with Crippen LogP contribution >= 0.6 is 11.3 Å². The Hall–Kier alpha value is -0.460. The molecule has 5 heteroatoms. The predicted octanol–water partition coefficient (Wildman–Crippen LogP) is 2.43. The number of aryl methyl sites for hydroxylation is 1. The topological polar surface area (TPSA) is 47.7 Å². The SMILES string of the molecule is COCCCN(CCOC)C(c1sccc1C)C(C)N. The quantitative estimate of drug-likeness (QED) is 0.674. The van der Waals surface area contributed by atoms with Crippen LogP contribution in [0.25, 0.3) is 0 Å². The fourth-order valence-corrected chi connectivity index (χ4v) is 3.61. The summed E-state index contributed by atoms with van der Waals surface area (Å²) in [6.07, 6.45) is 1.01. The van der Waals surface area contributed by atoms with Crippen LogP contribution in [0, 0.1) is 6.92 Å². The molecule has 20 heavy (non-hydrogen) atoms. The molecule has 2 N–H and O–H groups in total. The first kappa shape index (κ1) is 17.6. The molecule has 0 aliphatic carbocycles. The summed E-state index contributed by atoms with van der Waals surface area (Å²) in [5.74, 6) is 0. The Morgan fingerprint density at radius 3 is 2.45 bits per heavy atom. The molecule has 1 aromatic heterocycles. The van der Waals surface area contributed by atoms with Crippen molar-refractivity contribution in [3.63, 3.8) is 0 Å². The van der Waals surface area contributed by atoms with Gasteiger partial charge in [-0.1, -0.05) is 0 Å². The highest BCUT2D eigenvalue weighted by Crippen LogP contribution is 2.30. The van der Waals surface area contributed by atoms with E-state index in [2.05, 4.69) is 30.2 Å². The molecule has 1 rings (SSSR count). The van der Waals surface area contributed by atoms with Gasteiger partial charge in [0, 0.05) is 44.8 Å². The van der Waals surface area contributed by atoms with Gasteiger partial charge in [0.05, 0.1) is 12.6 Å². The first-order chi connectivity index (χ1) is 9.61. The highest BCUT2D eigenvalue weighted by Gasteiger charge is 2.26. The first-order valence-electron chi connectivity index (χ1n) is 7.13. The maximum absolute atomic E-state index is 6.27. The summed E-state index contributed by atoms with van der Waals surface area (Å²) < 4.78 is 10.4. The molecular formula is C15H28N2O2S. The monoisotopic (exact) mass is 300 g/mol. The van der Waals surface area contributed by atoms with E-state index in [4.69, 9.17) is 15.2 Å². The Morgan fingerprint density at radius 1 is 1.25 bits per heavy atom. The van der Waals surface area contributed by atoms with Gasteiger partial charge in [0.1, 0.15) is 0 Å². The van der Waals surface area contributed by atoms with E-state index in [0.717, 1.165) is 32.7 Å². The Labute approximate surface area is 126 Å². The minimum Gasteiger partial charge on any atom is -0.385 e. The largest absolute Gasteiger partial charge is 0.385 e. The number of nitrogens with zero attached hydrogens (tertiary/aromatic N) is 1. The van der Waals surface area contributed by atoms with Gasteiger partial charge in [0.25, 0.3) is 0 Å². The van der Waals surface area contributed by atoms with Crippen molar-refractivity contribution < 1.29 is 9.47 Å². The van der Waals surface area contributed by atoms with Gasteiger partial charge in [-0.15, -0.1) is 11.3 Å². The van der Waals surface area contributed by atoms with E-state index >= 15 is 0 Å². The van der Waals surface area contributed by atoms with Crippen LogP contribution in [0.1, 0.15) is 29.8 Å². The van der Waals surface area contributed by atoms with Crippen LogP contribution in [0.5, 0.6) is 0 Å². The molecule has 0 radical (unpaired) electrons. The van der Waals surface area contributed by atoms with Crippen molar-refractivity contribution in [2.24, 2.45) is 5.73 Å². The Morgan fingerprint density at radius 2 is 1.95 bits per heavy atom. The van der Waals surface area contributed by atoms with Crippen LogP contribution in [-0.4, -0.2) is 51.5 Å². The third kappa shape index (κ3) is 5.14. The molecule has 0 aliphatic heterocycles. The number of hydrogen-bond donors (Lipinski definition) is 1. The molecule has 0 aliphatic rings. The van der Waals surface area contributed by atoms with Gasteiger partial charge in [0.2, 0.25) is 0 Å². The standard InChI is InChI=1S/C15H28N2O2S/c1-12-6-11-20-15(12)14(13(2)16)17(8-10-19-4)7-5-9-18-3/h6,11,13-14H,5,7-10,16H2,1-4H3. The number of nitrogens with two attached hydrogens (primary N) is 1. The molecule has 2 atom stereocenters. The van der Waals surface area contributed by atoms with Crippen LogP contribution in [0.3, 0.4) is 0 Å². The second-order valence-corrected chi connectivity index (χ2v) is 6.09. The molecule has 116 valence electrons. The van der Waals surface area contributed by atoms with Crippen LogP contribution in [0.4, 0.5) is 0 Å². The molecule has 4 nitrogen and oxygen atoms in total. The smallest absolute Gasteiger partial charge is 0.0594 e. The lowest BCUT2D eigenvalue weighted by Gasteiger charge is -2.34. The summed E-state index contributed by atoms with van der Waals surface area (Å²) >= 11 is 1.79. The first-order valence-corrected chi connectivity index (χ1v) is 8.01. The molecule has 2 unspecified atom stereocenters. The molecule has 0 amide bonds. The fourth-order valence-electron chi connectivity index (χ4n) is 2.44. The van der Waals surface area contributed by atoms with Gasteiger partial charge >= 0.3 is 0 Å². The molecular weight excluding hydrogens is 272 g/mol. The lowest BCUT2D eigenvalue weighted by atomic mass is 10.0. The van der Waals surface area contributed by atoms with Gasteiger partial charge in [-0.05, 0) is 37.3 Å².